The second-order valence-electron chi connectivity index (χ2n) is 3.41. The Labute approximate surface area is 99.8 Å². The van der Waals surface area contributed by atoms with Crippen LogP contribution < -0.4 is 0 Å². The SMILES string of the molecule is CCOC(=O)c1cc(C#N)cc(C(=O)CC)c1. The lowest BCUT2D eigenvalue weighted by atomic mass is 10.0. The first-order chi connectivity index (χ1) is 8.12. The molecule has 0 radical (unpaired) electrons. The van der Waals surface area contributed by atoms with E-state index >= 15 is 0 Å². The number of hydrogen-bond donors (Lipinski definition) is 0. The number of Topliss-reactive ketones (excluding diaryl/α,β-unsaturated/α-hetero) is 1. The third kappa shape index (κ3) is 3.15. The predicted octanol–water partition coefficient (Wildman–Crippen LogP) is 2.33. The monoisotopic (exact) mass is 231 g/mol. The van der Waals surface area contributed by atoms with Crippen molar-refractivity contribution in [3.63, 3.8) is 0 Å². The van der Waals surface area contributed by atoms with Crippen LogP contribution in [0.15, 0.2) is 18.2 Å². The maximum Gasteiger partial charge on any atom is 0.338 e. The summed E-state index contributed by atoms with van der Waals surface area (Å²) in [5, 5.41) is 8.84. The van der Waals surface area contributed by atoms with Crippen molar-refractivity contribution in [1.82, 2.24) is 0 Å². The minimum atomic E-state index is -0.519. The fourth-order valence-corrected chi connectivity index (χ4v) is 1.39. The van der Waals surface area contributed by atoms with Gasteiger partial charge in [0.1, 0.15) is 0 Å². The number of nitrogens with zero attached hydrogens (tertiary/aromatic N) is 1. The van der Waals surface area contributed by atoms with Gasteiger partial charge in [0.05, 0.1) is 23.8 Å². The van der Waals surface area contributed by atoms with Crippen LogP contribution in [-0.4, -0.2) is 18.4 Å². The van der Waals surface area contributed by atoms with Gasteiger partial charge in [0, 0.05) is 12.0 Å². The van der Waals surface area contributed by atoms with Gasteiger partial charge in [-0.15, -0.1) is 0 Å². The molecule has 4 heteroatoms. The fraction of sp³-hybridized carbons (Fsp3) is 0.308. The molecule has 0 aliphatic carbocycles. The van der Waals surface area contributed by atoms with E-state index in [0.717, 1.165) is 0 Å². The molecule has 0 heterocycles. The summed E-state index contributed by atoms with van der Waals surface area (Å²) in [6.45, 7) is 3.68. The van der Waals surface area contributed by atoms with Gasteiger partial charge in [-0.2, -0.15) is 5.26 Å². The average Bonchev–Trinajstić information content (AvgIpc) is 2.37. The van der Waals surface area contributed by atoms with Gasteiger partial charge in [0.2, 0.25) is 0 Å². The van der Waals surface area contributed by atoms with E-state index in [1.54, 1.807) is 13.8 Å². The van der Waals surface area contributed by atoms with Gasteiger partial charge in [0.25, 0.3) is 0 Å². The molecule has 88 valence electrons. The zero-order valence-electron chi connectivity index (χ0n) is 9.82. The number of carbonyl (C=O) groups excluding carboxylic acids is 2. The van der Waals surface area contributed by atoms with Crippen molar-refractivity contribution in [1.29, 1.82) is 5.26 Å². The number of carbonyl (C=O) groups is 2. The third-order valence-corrected chi connectivity index (χ3v) is 2.22. The molecule has 0 amide bonds. The molecule has 0 saturated carbocycles. The number of hydrogen-bond acceptors (Lipinski definition) is 4. The lowest BCUT2D eigenvalue weighted by molar-refractivity contribution is 0.0526. The molecule has 0 aromatic heterocycles. The van der Waals surface area contributed by atoms with Gasteiger partial charge in [-0.3, -0.25) is 4.79 Å². The van der Waals surface area contributed by atoms with Crippen molar-refractivity contribution in [3.05, 3.63) is 34.9 Å². The highest BCUT2D eigenvalue weighted by Gasteiger charge is 2.12. The van der Waals surface area contributed by atoms with Crippen molar-refractivity contribution >= 4 is 11.8 Å². The molecule has 1 aromatic rings. The van der Waals surface area contributed by atoms with E-state index in [0.29, 0.717) is 12.0 Å². The molecule has 0 saturated heterocycles. The molecule has 0 aliphatic heterocycles. The van der Waals surface area contributed by atoms with Crippen molar-refractivity contribution in [2.75, 3.05) is 6.61 Å². The Kier molecular flexibility index (Phi) is 4.41. The standard InChI is InChI=1S/C13H13NO3/c1-3-12(15)10-5-9(8-14)6-11(7-10)13(16)17-4-2/h5-7H,3-4H2,1-2H3. The van der Waals surface area contributed by atoms with E-state index in [9.17, 15) is 9.59 Å². The highest BCUT2D eigenvalue weighted by molar-refractivity contribution is 5.99. The van der Waals surface area contributed by atoms with Crippen LogP contribution in [0.3, 0.4) is 0 Å². The first-order valence-corrected chi connectivity index (χ1v) is 5.37. The van der Waals surface area contributed by atoms with Crippen molar-refractivity contribution in [3.8, 4) is 6.07 Å². The first kappa shape index (κ1) is 12.9. The van der Waals surface area contributed by atoms with Crippen LogP contribution in [0, 0.1) is 11.3 Å². The molecule has 1 aromatic carbocycles. The van der Waals surface area contributed by atoms with E-state index in [1.165, 1.54) is 18.2 Å². The highest BCUT2D eigenvalue weighted by Crippen LogP contribution is 2.13. The van der Waals surface area contributed by atoms with Crippen LogP contribution >= 0.6 is 0 Å². The van der Waals surface area contributed by atoms with E-state index in [4.69, 9.17) is 10.00 Å². The van der Waals surface area contributed by atoms with Crippen LogP contribution in [0.5, 0.6) is 0 Å². The molecule has 0 N–H and O–H groups in total. The smallest absolute Gasteiger partial charge is 0.338 e. The molecule has 0 spiro atoms. The third-order valence-electron chi connectivity index (χ3n) is 2.22. The van der Waals surface area contributed by atoms with Crippen LogP contribution in [0.4, 0.5) is 0 Å². The second-order valence-corrected chi connectivity index (χ2v) is 3.41. The molecule has 0 unspecified atom stereocenters. The zero-order chi connectivity index (χ0) is 12.8. The Morgan fingerprint density at radius 3 is 2.41 bits per heavy atom. The average molecular weight is 231 g/mol. The van der Waals surface area contributed by atoms with Crippen molar-refractivity contribution in [2.24, 2.45) is 0 Å². The van der Waals surface area contributed by atoms with Crippen molar-refractivity contribution in [2.45, 2.75) is 20.3 Å². The quantitative estimate of drug-likeness (QED) is 0.589. The van der Waals surface area contributed by atoms with Crippen LogP contribution in [-0.2, 0) is 4.74 Å². The summed E-state index contributed by atoms with van der Waals surface area (Å²) >= 11 is 0. The zero-order valence-corrected chi connectivity index (χ0v) is 9.82. The molecule has 17 heavy (non-hydrogen) atoms. The summed E-state index contributed by atoms with van der Waals surface area (Å²) in [5.41, 5.74) is 0.893. The Bertz CT molecular complexity index is 486. The Morgan fingerprint density at radius 2 is 1.88 bits per heavy atom. The minimum absolute atomic E-state index is 0.104. The van der Waals surface area contributed by atoms with E-state index in [-0.39, 0.29) is 23.5 Å². The number of nitriles is 1. The molecular formula is C13H13NO3. The van der Waals surface area contributed by atoms with Crippen molar-refractivity contribution < 1.29 is 14.3 Å². The summed E-state index contributed by atoms with van der Waals surface area (Å²) in [5.74, 6) is -0.623. The van der Waals surface area contributed by atoms with Gasteiger partial charge in [-0.05, 0) is 25.1 Å². The molecule has 0 fully saturated rings. The Hall–Kier alpha value is -2.15. The summed E-state index contributed by atoms with van der Waals surface area (Å²) in [7, 11) is 0. The maximum absolute atomic E-state index is 11.6. The lowest BCUT2D eigenvalue weighted by Gasteiger charge is -2.05. The van der Waals surface area contributed by atoms with Crippen LogP contribution in [0.1, 0.15) is 46.5 Å². The largest absolute Gasteiger partial charge is 0.462 e. The van der Waals surface area contributed by atoms with Gasteiger partial charge < -0.3 is 4.74 Å². The van der Waals surface area contributed by atoms with E-state index in [2.05, 4.69) is 0 Å². The van der Waals surface area contributed by atoms with E-state index in [1.807, 2.05) is 6.07 Å². The van der Waals surface area contributed by atoms with Gasteiger partial charge in [-0.25, -0.2) is 4.79 Å². The second kappa shape index (κ2) is 5.80. The molecule has 1 rings (SSSR count). The molecule has 0 atom stereocenters. The number of ether oxygens (including phenoxy) is 1. The van der Waals surface area contributed by atoms with E-state index < -0.39 is 5.97 Å². The summed E-state index contributed by atoms with van der Waals surface area (Å²) in [6, 6.07) is 6.29. The minimum Gasteiger partial charge on any atom is -0.462 e. The highest BCUT2D eigenvalue weighted by atomic mass is 16.5. The maximum atomic E-state index is 11.6. The summed E-state index contributed by atoms with van der Waals surface area (Å²) in [4.78, 5) is 23.1. The topological polar surface area (TPSA) is 67.2 Å². The lowest BCUT2D eigenvalue weighted by Crippen LogP contribution is -2.07. The molecule has 0 bridgehead atoms. The Morgan fingerprint density at radius 1 is 1.24 bits per heavy atom. The van der Waals surface area contributed by atoms with Gasteiger partial charge >= 0.3 is 5.97 Å². The van der Waals surface area contributed by atoms with Crippen LogP contribution in [0.2, 0.25) is 0 Å². The van der Waals surface area contributed by atoms with Crippen LogP contribution in [0.25, 0.3) is 0 Å². The number of benzene rings is 1. The van der Waals surface area contributed by atoms with Gasteiger partial charge in [-0.1, -0.05) is 6.92 Å². The fourth-order valence-electron chi connectivity index (χ4n) is 1.39. The molecular weight excluding hydrogens is 218 g/mol. The molecule has 4 nitrogen and oxygen atoms in total. The first-order valence-electron chi connectivity index (χ1n) is 5.37. The normalized spacial score (nSPS) is 9.47. The predicted molar refractivity (Wildman–Crippen MR) is 61.7 cm³/mol. The Balaban J connectivity index is 3.19. The molecule has 0 aliphatic rings. The number of esters is 1. The summed E-state index contributed by atoms with van der Waals surface area (Å²) in [6.07, 6.45) is 0.331. The number of ketones is 1. The van der Waals surface area contributed by atoms with Gasteiger partial charge in [0.15, 0.2) is 5.78 Å². The summed E-state index contributed by atoms with van der Waals surface area (Å²) < 4.78 is 4.84. The number of rotatable bonds is 4.